The number of rotatable bonds is 2. The fourth-order valence-corrected chi connectivity index (χ4v) is 2.47. The normalized spacial score (nSPS) is 14.5. The molecule has 1 aromatic carbocycles. The van der Waals surface area contributed by atoms with E-state index in [0.717, 1.165) is 31.8 Å². The number of phenols is 1. The Kier molecular flexibility index (Phi) is 2.80. The smallest absolute Gasteiger partial charge is 0.115 e. The summed E-state index contributed by atoms with van der Waals surface area (Å²) in [6.45, 7) is 1.91. The number of imidazole rings is 1. The van der Waals surface area contributed by atoms with Crippen molar-refractivity contribution >= 4 is 0 Å². The fourth-order valence-electron chi connectivity index (χ4n) is 2.47. The summed E-state index contributed by atoms with van der Waals surface area (Å²) in [5, 5.41) is 12.6. The van der Waals surface area contributed by atoms with Crippen molar-refractivity contribution in [1.82, 2.24) is 14.9 Å². The van der Waals surface area contributed by atoms with Gasteiger partial charge in [-0.25, -0.2) is 4.98 Å². The number of aromatic hydroxyl groups is 1. The molecule has 1 aliphatic heterocycles. The summed E-state index contributed by atoms with van der Waals surface area (Å²) in [6, 6.07) is 7.34. The monoisotopic (exact) mass is 243 g/mol. The zero-order chi connectivity index (χ0) is 12.5. The van der Waals surface area contributed by atoms with E-state index in [2.05, 4.69) is 16.9 Å². The first-order valence-electron chi connectivity index (χ1n) is 6.26. The molecule has 94 valence electrons. The maximum Gasteiger partial charge on any atom is 0.115 e. The fraction of sp³-hybridized carbons (Fsp3) is 0.357. The van der Waals surface area contributed by atoms with Crippen LogP contribution in [0.25, 0.3) is 0 Å². The Balaban J connectivity index is 1.88. The van der Waals surface area contributed by atoms with Gasteiger partial charge in [-0.2, -0.15) is 0 Å². The maximum absolute atomic E-state index is 9.28. The number of phenolic OH excluding ortho intramolecular Hbond substituents is 1. The van der Waals surface area contributed by atoms with Crippen molar-refractivity contribution in [3.8, 4) is 5.75 Å². The predicted molar refractivity (Wildman–Crippen MR) is 69.5 cm³/mol. The lowest BCUT2D eigenvalue weighted by molar-refractivity contribution is 0.475. The second-order valence-corrected chi connectivity index (χ2v) is 4.75. The molecule has 1 aliphatic rings. The molecule has 3 rings (SSSR count). The van der Waals surface area contributed by atoms with Crippen molar-refractivity contribution in [3.63, 3.8) is 0 Å². The van der Waals surface area contributed by atoms with Gasteiger partial charge in [0.15, 0.2) is 0 Å². The SMILES string of the molecule is Cn1c(Cc2ccc(O)cc2)nc2c1CCNC2. The lowest BCUT2D eigenvalue weighted by Crippen LogP contribution is -2.24. The molecule has 2 heterocycles. The highest BCUT2D eigenvalue weighted by atomic mass is 16.3. The summed E-state index contributed by atoms with van der Waals surface area (Å²) >= 11 is 0. The highest BCUT2D eigenvalue weighted by Gasteiger charge is 2.17. The van der Waals surface area contributed by atoms with Crippen LogP contribution in [-0.4, -0.2) is 21.2 Å². The van der Waals surface area contributed by atoms with Crippen molar-refractivity contribution in [2.24, 2.45) is 7.05 Å². The van der Waals surface area contributed by atoms with Gasteiger partial charge < -0.3 is 15.0 Å². The van der Waals surface area contributed by atoms with E-state index in [1.54, 1.807) is 12.1 Å². The molecule has 0 unspecified atom stereocenters. The van der Waals surface area contributed by atoms with Crippen LogP contribution in [0.3, 0.4) is 0 Å². The lowest BCUT2D eigenvalue weighted by Gasteiger charge is -2.13. The molecule has 4 nitrogen and oxygen atoms in total. The molecular weight excluding hydrogens is 226 g/mol. The molecule has 18 heavy (non-hydrogen) atoms. The van der Waals surface area contributed by atoms with Crippen molar-refractivity contribution < 1.29 is 5.11 Å². The van der Waals surface area contributed by atoms with Gasteiger partial charge in [-0.3, -0.25) is 0 Å². The Labute approximate surface area is 106 Å². The standard InChI is InChI=1S/C14H17N3O/c1-17-13-6-7-15-9-12(13)16-14(17)8-10-2-4-11(18)5-3-10/h2-5,15,18H,6-9H2,1H3. The Hall–Kier alpha value is -1.81. The molecule has 0 aliphatic carbocycles. The molecule has 0 saturated heterocycles. The second-order valence-electron chi connectivity index (χ2n) is 4.75. The Morgan fingerprint density at radius 2 is 2.11 bits per heavy atom. The van der Waals surface area contributed by atoms with Gasteiger partial charge in [0.05, 0.1) is 5.69 Å². The third-order valence-corrected chi connectivity index (χ3v) is 3.52. The van der Waals surface area contributed by atoms with Gasteiger partial charge in [-0.05, 0) is 17.7 Å². The van der Waals surface area contributed by atoms with E-state index in [1.807, 2.05) is 12.1 Å². The molecule has 0 saturated carbocycles. The van der Waals surface area contributed by atoms with Crippen LogP contribution in [-0.2, 0) is 26.4 Å². The molecule has 2 aromatic rings. The van der Waals surface area contributed by atoms with Crippen molar-refractivity contribution in [1.29, 1.82) is 0 Å². The molecule has 2 N–H and O–H groups in total. The van der Waals surface area contributed by atoms with Gasteiger partial charge >= 0.3 is 0 Å². The summed E-state index contributed by atoms with van der Waals surface area (Å²) in [4.78, 5) is 4.71. The average Bonchev–Trinajstić information content (AvgIpc) is 2.70. The number of hydrogen-bond donors (Lipinski definition) is 2. The maximum atomic E-state index is 9.28. The van der Waals surface area contributed by atoms with Crippen LogP contribution in [0.4, 0.5) is 0 Å². The predicted octanol–water partition coefficient (Wildman–Crippen LogP) is 1.36. The van der Waals surface area contributed by atoms with Gasteiger partial charge in [0.1, 0.15) is 11.6 Å². The Morgan fingerprint density at radius 3 is 2.83 bits per heavy atom. The van der Waals surface area contributed by atoms with E-state index in [-0.39, 0.29) is 0 Å². The molecular formula is C14H17N3O. The molecule has 1 aromatic heterocycles. The summed E-state index contributed by atoms with van der Waals surface area (Å²) in [7, 11) is 2.09. The molecule has 0 bridgehead atoms. The zero-order valence-electron chi connectivity index (χ0n) is 10.5. The molecule has 0 amide bonds. The van der Waals surface area contributed by atoms with Crippen molar-refractivity contribution in [2.75, 3.05) is 6.54 Å². The van der Waals surface area contributed by atoms with Crippen LogP contribution in [0.1, 0.15) is 22.8 Å². The summed E-state index contributed by atoms with van der Waals surface area (Å²) < 4.78 is 2.21. The van der Waals surface area contributed by atoms with Crippen LogP contribution in [0.2, 0.25) is 0 Å². The summed E-state index contributed by atoms with van der Waals surface area (Å²) in [6.07, 6.45) is 1.86. The zero-order valence-corrected chi connectivity index (χ0v) is 10.5. The number of aromatic nitrogens is 2. The third-order valence-electron chi connectivity index (χ3n) is 3.52. The van der Waals surface area contributed by atoms with Crippen LogP contribution in [0.15, 0.2) is 24.3 Å². The topological polar surface area (TPSA) is 50.1 Å². The summed E-state index contributed by atoms with van der Waals surface area (Å²) in [5.74, 6) is 1.40. The minimum Gasteiger partial charge on any atom is -0.508 e. The van der Waals surface area contributed by atoms with Gasteiger partial charge in [-0.1, -0.05) is 12.1 Å². The highest BCUT2D eigenvalue weighted by Crippen LogP contribution is 2.18. The van der Waals surface area contributed by atoms with E-state index in [9.17, 15) is 5.11 Å². The van der Waals surface area contributed by atoms with Crippen LogP contribution in [0, 0.1) is 0 Å². The largest absolute Gasteiger partial charge is 0.508 e. The first-order valence-corrected chi connectivity index (χ1v) is 6.26. The third kappa shape index (κ3) is 1.99. The molecule has 0 atom stereocenters. The number of hydrogen-bond acceptors (Lipinski definition) is 3. The van der Waals surface area contributed by atoms with E-state index in [4.69, 9.17) is 4.98 Å². The lowest BCUT2D eigenvalue weighted by atomic mass is 10.1. The molecule has 0 fully saturated rings. The summed E-state index contributed by atoms with van der Waals surface area (Å²) in [5.41, 5.74) is 3.70. The first-order chi connectivity index (χ1) is 8.74. The van der Waals surface area contributed by atoms with Crippen molar-refractivity contribution in [3.05, 3.63) is 47.0 Å². The number of benzene rings is 1. The van der Waals surface area contributed by atoms with Gasteiger partial charge in [-0.15, -0.1) is 0 Å². The molecule has 4 heteroatoms. The van der Waals surface area contributed by atoms with Crippen LogP contribution >= 0.6 is 0 Å². The minimum atomic E-state index is 0.307. The second kappa shape index (κ2) is 4.46. The van der Waals surface area contributed by atoms with E-state index in [0.29, 0.717) is 5.75 Å². The van der Waals surface area contributed by atoms with Gasteiger partial charge in [0, 0.05) is 38.7 Å². The molecule has 0 spiro atoms. The number of fused-ring (bicyclic) bond motifs is 1. The Morgan fingerprint density at radius 1 is 1.33 bits per heavy atom. The van der Waals surface area contributed by atoms with Gasteiger partial charge in [0.25, 0.3) is 0 Å². The first kappa shape index (κ1) is 11.3. The average molecular weight is 243 g/mol. The minimum absolute atomic E-state index is 0.307. The highest BCUT2D eigenvalue weighted by molar-refractivity contribution is 5.29. The van der Waals surface area contributed by atoms with Crippen LogP contribution < -0.4 is 5.32 Å². The Bertz CT molecular complexity index is 557. The van der Waals surface area contributed by atoms with Crippen LogP contribution in [0.5, 0.6) is 5.75 Å². The molecule has 0 radical (unpaired) electrons. The van der Waals surface area contributed by atoms with Gasteiger partial charge in [0.2, 0.25) is 0 Å². The number of nitrogens with one attached hydrogen (secondary N) is 1. The van der Waals surface area contributed by atoms with Crippen molar-refractivity contribution in [2.45, 2.75) is 19.4 Å². The van der Waals surface area contributed by atoms with E-state index in [1.165, 1.54) is 17.0 Å². The number of nitrogens with zero attached hydrogens (tertiary/aromatic N) is 2. The quantitative estimate of drug-likeness (QED) is 0.837. The van der Waals surface area contributed by atoms with E-state index >= 15 is 0 Å². The van der Waals surface area contributed by atoms with E-state index < -0.39 is 0 Å².